The van der Waals surface area contributed by atoms with Crippen molar-refractivity contribution < 1.29 is 4.79 Å². The molecule has 106 valence electrons. The number of hydrogen-bond acceptors (Lipinski definition) is 4. The van der Waals surface area contributed by atoms with E-state index in [4.69, 9.17) is 5.73 Å². The van der Waals surface area contributed by atoms with Gasteiger partial charge >= 0.3 is 0 Å². The van der Waals surface area contributed by atoms with Gasteiger partial charge in [-0.2, -0.15) is 5.10 Å². The fourth-order valence-corrected chi connectivity index (χ4v) is 2.09. The van der Waals surface area contributed by atoms with E-state index in [0.717, 1.165) is 6.42 Å². The number of aryl methyl sites for hydroxylation is 1. The molecule has 0 saturated heterocycles. The molecule has 19 heavy (non-hydrogen) atoms. The van der Waals surface area contributed by atoms with Gasteiger partial charge in [0.2, 0.25) is 5.91 Å². The maximum atomic E-state index is 12.0. The highest BCUT2D eigenvalue weighted by atomic mass is 79.9. The van der Waals surface area contributed by atoms with Crippen molar-refractivity contribution in [3.05, 3.63) is 21.0 Å². The van der Waals surface area contributed by atoms with Crippen molar-refractivity contribution in [1.29, 1.82) is 0 Å². The molecule has 0 aromatic carbocycles. The number of carbonyl (C=O) groups is 1. The molecule has 0 aliphatic carbocycles. The van der Waals surface area contributed by atoms with Gasteiger partial charge in [-0.15, -0.1) is 0 Å². The van der Waals surface area contributed by atoms with Gasteiger partial charge in [0, 0.05) is 6.54 Å². The molecule has 1 aromatic heterocycles. The monoisotopic (exact) mass is 330 g/mol. The first-order valence-electron chi connectivity index (χ1n) is 6.20. The Morgan fingerprint density at radius 3 is 2.68 bits per heavy atom. The van der Waals surface area contributed by atoms with E-state index in [1.165, 1.54) is 10.9 Å². The molecule has 7 heteroatoms. The maximum Gasteiger partial charge on any atom is 0.283 e. The quantitative estimate of drug-likeness (QED) is 0.823. The third kappa shape index (κ3) is 3.79. The van der Waals surface area contributed by atoms with Crippen molar-refractivity contribution in [2.45, 2.75) is 39.8 Å². The zero-order chi connectivity index (χ0) is 14.6. The van der Waals surface area contributed by atoms with Crippen LogP contribution < -0.4 is 16.6 Å². The van der Waals surface area contributed by atoms with Crippen molar-refractivity contribution >= 4 is 27.5 Å². The third-order valence-corrected chi connectivity index (χ3v) is 3.47. The number of hydrogen-bond donors (Lipinski definition) is 2. The van der Waals surface area contributed by atoms with Crippen LogP contribution in [-0.4, -0.2) is 21.7 Å². The molecular weight excluding hydrogens is 312 g/mol. The van der Waals surface area contributed by atoms with Crippen molar-refractivity contribution in [1.82, 2.24) is 9.78 Å². The highest BCUT2D eigenvalue weighted by Crippen LogP contribution is 2.19. The zero-order valence-corrected chi connectivity index (χ0v) is 12.9. The predicted octanol–water partition coefficient (Wildman–Crippen LogP) is 1.34. The number of rotatable bonds is 6. The Hall–Kier alpha value is -1.37. The number of halogens is 1. The average Bonchev–Trinajstić information content (AvgIpc) is 2.33. The standard InChI is InChI=1S/C12H19BrN4O2/c1-4-5-17-12(19)9(13)8(6-15-17)16-10(7(2)3)11(14)18/h6-7,10,16H,4-5H2,1-3H3,(H2,14,18). The van der Waals surface area contributed by atoms with Gasteiger partial charge in [0.1, 0.15) is 10.5 Å². The molecule has 0 aliphatic rings. The molecule has 0 spiro atoms. The summed E-state index contributed by atoms with van der Waals surface area (Å²) in [5.74, 6) is -0.442. The minimum atomic E-state index is -0.542. The lowest BCUT2D eigenvalue weighted by atomic mass is 10.0. The van der Waals surface area contributed by atoms with Crippen molar-refractivity contribution in [3.63, 3.8) is 0 Å². The van der Waals surface area contributed by atoms with Crippen molar-refractivity contribution in [3.8, 4) is 0 Å². The van der Waals surface area contributed by atoms with Gasteiger partial charge in [0.15, 0.2) is 0 Å². The number of amides is 1. The second-order valence-electron chi connectivity index (χ2n) is 4.67. The molecule has 0 aliphatic heterocycles. The highest BCUT2D eigenvalue weighted by Gasteiger charge is 2.21. The Bertz CT molecular complexity index is 513. The van der Waals surface area contributed by atoms with Gasteiger partial charge in [-0.1, -0.05) is 20.8 Å². The van der Waals surface area contributed by atoms with E-state index in [1.54, 1.807) is 0 Å². The summed E-state index contributed by atoms with van der Waals surface area (Å²) in [4.78, 5) is 23.3. The highest BCUT2D eigenvalue weighted by molar-refractivity contribution is 9.10. The van der Waals surface area contributed by atoms with Gasteiger partial charge in [-0.05, 0) is 28.3 Å². The van der Waals surface area contributed by atoms with E-state index in [-0.39, 0.29) is 11.5 Å². The lowest BCUT2D eigenvalue weighted by Crippen LogP contribution is -2.40. The summed E-state index contributed by atoms with van der Waals surface area (Å²) in [7, 11) is 0. The van der Waals surface area contributed by atoms with Crippen LogP contribution in [-0.2, 0) is 11.3 Å². The lowest BCUT2D eigenvalue weighted by Gasteiger charge is -2.20. The predicted molar refractivity (Wildman–Crippen MR) is 77.9 cm³/mol. The summed E-state index contributed by atoms with van der Waals surface area (Å²) in [6.07, 6.45) is 2.35. The van der Waals surface area contributed by atoms with Gasteiger partial charge < -0.3 is 11.1 Å². The molecule has 1 aromatic rings. The van der Waals surface area contributed by atoms with Gasteiger partial charge in [0.05, 0.1) is 11.9 Å². The van der Waals surface area contributed by atoms with E-state index in [2.05, 4.69) is 26.3 Å². The Balaban J connectivity index is 3.06. The van der Waals surface area contributed by atoms with Crippen LogP contribution in [0.2, 0.25) is 0 Å². The second-order valence-corrected chi connectivity index (χ2v) is 5.46. The number of nitrogens with two attached hydrogens (primary N) is 1. The SMILES string of the molecule is CCCn1ncc(NC(C(N)=O)C(C)C)c(Br)c1=O. The summed E-state index contributed by atoms with van der Waals surface area (Å²) < 4.78 is 1.74. The number of anilines is 1. The van der Waals surface area contributed by atoms with Crippen LogP contribution >= 0.6 is 15.9 Å². The molecule has 1 atom stereocenters. The van der Waals surface area contributed by atoms with E-state index >= 15 is 0 Å². The number of primary amides is 1. The van der Waals surface area contributed by atoms with Gasteiger partial charge in [-0.3, -0.25) is 9.59 Å². The first-order valence-corrected chi connectivity index (χ1v) is 6.99. The molecule has 1 unspecified atom stereocenters. The first kappa shape index (κ1) is 15.7. The minimum absolute atomic E-state index is 0.0162. The number of carbonyl (C=O) groups excluding carboxylic acids is 1. The molecule has 3 N–H and O–H groups in total. The Labute approximate surface area is 120 Å². The number of nitrogens with zero attached hydrogens (tertiary/aromatic N) is 2. The second kappa shape index (κ2) is 6.70. The summed E-state index contributed by atoms with van der Waals surface area (Å²) in [6, 6.07) is -0.542. The van der Waals surface area contributed by atoms with E-state index in [0.29, 0.717) is 16.7 Å². The summed E-state index contributed by atoms with van der Waals surface area (Å²) in [5, 5.41) is 7.02. The summed E-state index contributed by atoms with van der Waals surface area (Å²) in [5.41, 5.74) is 5.59. The zero-order valence-electron chi connectivity index (χ0n) is 11.3. The molecule has 1 rings (SSSR count). The Morgan fingerprint density at radius 2 is 2.21 bits per heavy atom. The van der Waals surface area contributed by atoms with E-state index in [1.807, 2.05) is 20.8 Å². The topological polar surface area (TPSA) is 90.0 Å². The van der Waals surface area contributed by atoms with Crippen LogP contribution in [0.15, 0.2) is 15.5 Å². The molecule has 0 radical (unpaired) electrons. The first-order chi connectivity index (χ1) is 8.88. The molecule has 0 fully saturated rings. The van der Waals surface area contributed by atoms with Gasteiger partial charge in [-0.25, -0.2) is 4.68 Å². The molecule has 1 amide bonds. The Morgan fingerprint density at radius 1 is 1.58 bits per heavy atom. The van der Waals surface area contributed by atoms with Crippen LogP contribution in [0.5, 0.6) is 0 Å². The van der Waals surface area contributed by atoms with Gasteiger partial charge in [0.25, 0.3) is 5.56 Å². The normalized spacial score (nSPS) is 12.5. The van der Waals surface area contributed by atoms with Crippen LogP contribution in [0.3, 0.4) is 0 Å². The minimum Gasteiger partial charge on any atom is -0.371 e. The van der Waals surface area contributed by atoms with Crippen LogP contribution in [0.1, 0.15) is 27.2 Å². The van der Waals surface area contributed by atoms with Crippen LogP contribution in [0, 0.1) is 5.92 Å². The third-order valence-electron chi connectivity index (χ3n) is 2.70. The molecular formula is C12H19BrN4O2. The van der Waals surface area contributed by atoms with E-state index in [9.17, 15) is 9.59 Å². The van der Waals surface area contributed by atoms with Crippen LogP contribution in [0.25, 0.3) is 0 Å². The maximum absolute atomic E-state index is 12.0. The lowest BCUT2D eigenvalue weighted by molar-refractivity contribution is -0.119. The molecule has 1 heterocycles. The molecule has 0 bridgehead atoms. The molecule has 6 nitrogen and oxygen atoms in total. The number of aromatic nitrogens is 2. The fourth-order valence-electron chi connectivity index (χ4n) is 1.67. The fraction of sp³-hybridized carbons (Fsp3) is 0.583. The van der Waals surface area contributed by atoms with Crippen molar-refractivity contribution in [2.75, 3.05) is 5.32 Å². The van der Waals surface area contributed by atoms with Crippen LogP contribution in [0.4, 0.5) is 5.69 Å². The molecule has 0 saturated carbocycles. The Kier molecular flexibility index (Phi) is 5.53. The number of nitrogens with one attached hydrogen (secondary N) is 1. The summed E-state index contributed by atoms with van der Waals surface area (Å²) in [6.45, 7) is 6.28. The van der Waals surface area contributed by atoms with Crippen molar-refractivity contribution in [2.24, 2.45) is 11.7 Å². The smallest absolute Gasteiger partial charge is 0.283 e. The van der Waals surface area contributed by atoms with E-state index < -0.39 is 11.9 Å². The average molecular weight is 331 g/mol. The largest absolute Gasteiger partial charge is 0.371 e. The summed E-state index contributed by atoms with van der Waals surface area (Å²) >= 11 is 3.24.